The minimum atomic E-state index is -0.163. The summed E-state index contributed by atoms with van der Waals surface area (Å²) in [6.07, 6.45) is 1.68. The van der Waals surface area contributed by atoms with Gasteiger partial charge in [-0.05, 0) is 35.7 Å². The van der Waals surface area contributed by atoms with Crippen molar-refractivity contribution in [1.29, 1.82) is 0 Å². The van der Waals surface area contributed by atoms with Crippen LogP contribution in [-0.2, 0) is 19.4 Å². The Balaban J connectivity index is 1.34. The van der Waals surface area contributed by atoms with Crippen LogP contribution in [0.25, 0.3) is 10.9 Å². The Kier molecular flexibility index (Phi) is 4.62. The maximum atomic E-state index is 12.3. The van der Waals surface area contributed by atoms with E-state index in [1.54, 1.807) is 14.2 Å². The summed E-state index contributed by atoms with van der Waals surface area (Å²) in [5.74, 6) is 1.32. The Morgan fingerprint density at radius 2 is 1.93 bits per heavy atom. The van der Waals surface area contributed by atoms with Crippen LogP contribution in [0.3, 0.4) is 0 Å². The summed E-state index contributed by atoms with van der Waals surface area (Å²) < 4.78 is 10.5. The number of methoxy groups -OCH3 is 2. The molecule has 0 aliphatic heterocycles. The molecule has 2 aromatic carbocycles. The lowest BCUT2D eigenvalue weighted by molar-refractivity contribution is 0.237. The lowest BCUT2D eigenvalue weighted by atomic mass is 10.1. The molecule has 140 valence electrons. The highest BCUT2D eigenvalue weighted by molar-refractivity contribution is 5.85. The topological polar surface area (TPSA) is 75.4 Å². The van der Waals surface area contributed by atoms with Crippen LogP contribution in [0.4, 0.5) is 4.79 Å². The summed E-state index contributed by atoms with van der Waals surface area (Å²) >= 11 is 0. The number of rotatable bonds is 5. The zero-order chi connectivity index (χ0) is 18.8. The highest BCUT2D eigenvalue weighted by Crippen LogP contribution is 2.30. The average Bonchev–Trinajstić information content (AvgIpc) is 3.23. The molecule has 1 aliphatic rings. The van der Waals surface area contributed by atoms with Crippen LogP contribution >= 0.6 is 0 Å². The van der Waals surface area contributed by atoms with E-state index in [2.05, 4.69) is 27.8 Å². The van der Waals surface area contributed by atoms with Gasteiger partial charge in [0.2, 0.25) is 0 Å². The second kappa shape index (κ2) is 7.23. The van der Waals surface area contributed by atoms with Gasteiger partial charge >= 0.3 is 6.03 Å². The number of hydrogen-bond acceptors (Lipinski definition) is 3. The molecule has 0 bridgehead atoms. The summed E-state index contributed by atoms with van der Waals surface area (Å²) in [5, 5.41) is 7.24. The van der Waals surface area contributed by atoms with Crippen LogP contribution in [0, 0.1) is 0 Å². The SMILES string of the molecule is COc1ccc(CNC(=O)NC2Cc3[nH]c4ccccc4c3C2)cc1OC. The number of hydrogen-bond donors (Lipinski definition) is 3. The number of benzene rings is 2. The predicted octanol–water partition coefficient (Wildman–Crippen LogP) is 3.15. The molecule has 2 amide bonds. The van der Waals surface area contributed by atoms with Gasteiger partial charge in [-0.1, -0.05) is 24.3 Å². The van der Waals surface area contributed by atoms with E-state index in [9.17, 15) is 4.79 Å². The number of carbonyl (C=O) groups excluding carboxylic acids is 1. The molecule has 27 heavy (non-hydrogen) atoms. The fourth-order valence-corrected chi connectivity index (χ4v) is 3.74. The molecule has 4 rings (SSSR count). The van der Waals surface area contributed by atoms with E-state index in [4.69, 9.17) is 9.47 Å². The van der Waals surface area contributed by atoms with Crippen LogP contribution in [0.5, 0.6) is 11.5 Å². The van der Waals surface area contributed by atoms with E-state index < -0.39 is 0 Å². The van der Waals surface area contributed by atoms with Gasteiger partial charge in [-0.25, -0.2) is 4.79 Å². The van der Waals surface area contributed by atoms with Gasteiger partial charge in [0.15, 0.2) is 11.5 Å². The summed E-state index contributed by atoms with van der Waals surface area (Å²) in [6.45, 7) is 0.424. The largest absolute Gasteiger partial charge is 0.493 e. The van der Waals surface area contributed by atoms with Crippen molar-refractivity contribution in [3.63, 3.8) is 0 Å². The zero-order valence-corrected chi connectivity index (χ0v) is 15.5. The fraction of sp³-hybridized carbons (Fsp3) is 0.286. The van der Waals surface area contributed by atoms with E-state index in [0.29, 0.717) is 18.0 Å². The van der Waals surface area contributed by atoms with Gasteiger partial charge in [0.25, 0.3) is 0 Å². The summed E-state index contributed by atoms with van der Waals surface area (Å²) in [7, 11) is 3.20. The Bertz CT molecular complexity index is 980. The molecule has 6 nitrogen and oxygen atoms in total. The number of aromatic nitrogens is 1. The maximum Gasteiger partial charge on any atom is 0.315 e. The second-order valence-corrected chi connectivity index (χ2v) is 6.75. The van der Waals surface area contributed by atoms with Crippen molar-refractivity contribution >= 4 is 16.9 Å². The molecule has 0 fully saturated rings. The van der Waals surface area contributed by atoms with E-state index in [0.717, 1.165) is 18.4 Å². The molecule has 1 unspecified atom stereocenters. The highest BCUT2D eigenvalue weighted by Gasteiger charge is 2.26. The van der Waals surface area contributed by atoms with Gasteiger partial charge in [0.05, 0.1) is 14.2 Å². The van der Waals surface area contributed by atoms with E-state index >= 15 is 0 Å². The standard InChI is InChI=1S/C21H23N3O3/c1-26-19-8-7-13(9-20(19)27-2)12-22-21(25)23-14-10-16-15-5-3-4-6-17(15)24-18(16)11-14/h3-9,14,24H,10-12H2,1-2H3,(H2,22,23,25). The van der Waals surface area contributed by atoms with Crippen LogP contribution < -0.4 is 20.1 Å². The molecule has 0 saturated heterocycles. The van der Waals surface area contributed by atoms with E-state index in [-0.39, 0.29) is 12.1 Å². The smallest absolute Gasteiger partial charge is 0.315 e. The lowest BCUT2D eigenvalue weighted by Crippen LogP contribution is -2.42. The molecule has 1 aliphatic carbocycles. The molecular weight excluding hydrogens is 342 g/mol. The van der Waals surface area contributed by atoms with Gasteiger partial charge in [-0.2, -0.15) is 0 Å². The minimum Gasteiger partial charge on any atom is -0.493 e. The number of aromatic amines is 1. The molecule has 3 aromatic rings. The number of H-pyrrole nitrogens is 1. The molecule has 0 saturated carbocycles. The van der Waals surface area contributed by atoms with Crippen molar-refractivity contribution < 1.29 is 14.3 Å². The highest BCUT2D eigenvalue weighted by atomic mass is 16.5. The van der Waals surface area contributed by atoms with Gasteiger partial charge in [-0.3, -0.25) is 0 Å². The summed E-state index contributed by atoms with van der Waals surface area (Å²) in [6, 6.07) is 13.9. The number of nitrogens with one attached hydrogen (secondary N) is 3. The van der Waals surface area contributed by atoms with Crippen molar-refractivity contribution in [3.8, 4) is 11.5 Å². The maximum absolute atomic E-state index is 12.3. The summed E-state index contributed by atoms with van der Waals surface area (Å²) in [5.41, 5.74) is 4.65. The Morgan fingerprint density at radius 1 is 1.11 bits per heavy atom. The molecule has 6 heteroatoms. The third kappa shape index (κ3) is 3.43. The fourth-order valence-electron chi connectivity index (χ4n) is 3.74. The van der Waals surface area contributed by atoms with Crippen LogP contribution in [0.2, 0.25) is 0 Å². The first-order valence-electron chi connectivity index (χ1n) is 9.01. The second-order valence-electron chi connectivity index (χ2n) is 6.75. The van der Waals surface area contributed by atoms with Gasteiger partial charge in [0, 0.05) is 35.6 Å². The molecule has 0 spiro atoms. The van der Waals surface area contributed by atoms with Crippen LogP contribution in [-0.4, -0.2) is 31.3 Å². The number of carbonyl (C=O) groups is 1. The minimum absolute atomic E-state index is 0.112. The zero-order valence-electron chi connectivity index (χ0n) is 15.5. The monoisotopic (exact) mass is 365 g/mol. The predicted molar refractivity (Wildman–Crippen MR) is 104 cm³/mol. The van der Waals surface area contributed by atoms with Crippen molar-refractivity contribution in [2.24, 2.45) is 0 Å². The van der Waals surface area contributed by atoms with Crippen molar-refractivity contribution in [2.45, 2.75) is 25.4 Å². The normalized spacial score (nSPS) is 15.4. The van der Waals surface area contributed by atoms with Crippen LogP contribution in [0.15, 0.2) is 42.5 Å². The molecule has 0 radical (unpaired) electrons. The Hall–Kier alpha value is -3.15. The molecule has 1 atom stereocenters. The average molecular weight is 365 g/mol. The van der Waals surface area contributed by atoms with Crippen LogP contribution in [0.1, 0.15) is 16.8 Å². The van der Waals surface area contributed by atoms with Gasteiger partial charge in [-0.15, -0.1) is 0 Å². The molecule has 1 heterocycles. The first kappa shape index (κ1) is 17.3. The van der Waals surface area contributed by atoms with E-state index in [1.165, 1.54) is 22.2 Å². The van der Waals surface area contributed by atoms with Gasteiger partial charge in [0.1, 0.15) is 0 Å². The van der Waals surface area contributed by atoms with Gasteiger partial charge < -0.3 is 25.1 Å². The molecular formula is C21H23N3O3. The number of urea groups is 1. The number of fused-ring (bicyclic) bond motifs is 3. The molecule has 1 aromatic heterocycles. The third-order valence-corrected chi connectivity index (χ3v) is 5.04. The van der Waals surface area contributed by atoms with E-state index in [1.807, 2.05) is 30.3 Å². The number of amides is 2. The van der Waals surface area contributed by atoms with Crippen molar-refractivity contribution in [3.05, 3.63) is 59.3 Å². The first-order chi connectivity index (χ1) is 13.2. The number of ether oxygens (including phenoxy) is 2. The third-order valence-electron chi connectivity index (χ3n) is 5.04. The van der Waals surface area contributed by atoms with Crippen molar-refractivity contribution in [2.75, 3.05) is 14.2 Å². The lowest BCUT2D eigenvalue weighted by Gasteiger charge is -2.14. The summed E-state index contributed by atoms with van der Waals surface area (Å²) in [4.78, 5) is 15.8. The Morgan fingerprint density at radius 3 is 2.74 bits per heavy atom. The Labute approximate surface area is 157 Å². The van der Waals surface area contributed by atoms with Crippen molar-refractivity contribution in [1.82, 2.24) is 15.6 Å². The first-order valence-corrected chi connectivity index (χ1v) is 9.01. The number of para-hydroxylation sites is 1. The quantitative estimate of drug-likeness (QED) is 0.650. The molecule has 3 N–H and O–H groups in total.